The number of esters is 1. The van der Waals surface area contributed by atoms with Gasteiger partial charge >= 0.3 is 5.97 Å². The minimum absolute atomic E-state index is 0.00505. The lowest BCUT2D eigenvalue weighted by atomic mass is 9.83. The van der Waals surface area contributed by atoms with Gasteiger partial charge in [-0.1, -0.05) is 37.3 Å². The van der Waals surface area contributed by atoms with Crippen molar-refractivity contribution in [2.75, 3.05) is 6.61 Å². The Bertz CT molecular complexity index is 1340. The van der Waals surface area contributed by atoms with E-state index in [0.29, 0.717) is 17.1 Å². The second-order valence-electron chi connectivity index (χ2n) is 7.73. The number of nitrogens with two attached hydrogens (primary N) is 1. The molecule has 1 atom stereocenters. The number of rotatable bonds is 7. The lowest BCUT2D eigenvalue weighted by Gasteiger charge is -2.26. The third-order valence-electron chi connectivity index (χ3n) is 5.55. The third-order valence-corrected chi connectivity index (χ3v) is 5.55. The Morgan fingerprint density at radius 3 is 2.43 bits per heavy atom. The van der Waals surface area contributed by atoms with Crippen LogP contribution in [0, 0.1) is 21.4 Å². The summed E-state index contributed by atoms with van der Waals surface area (Å²) in [7, 11) is 0. The molecule has 0 bridgehead atoms. The smallest absolute Gasteiger partial charge is 0.349 e. The summed E-state index contributed by atoms with van der Waals surface area (Å²) in [6.07, 6.45) is 0.899. The first-order chi connectivity index (χ1) is 16.9. The van der Waals surface area contributed by atoms with E-state index in [0.717, 1.165) is 17.5 Å². The molecule has 0 saturated heterocycles. The predicted octanol–water partition coefficient (Wildman–Crippen LogP) is 4.36. The highest BCUT2D eigenvalue weighted by molar-refractivity contribution is 5.74. The minimum Gasteiger partial charge on any atom is -0.482 e. The number of nitriles is 1. The molecule has 2 N–H and O–H groups in total. The Hall–Kier alpha value is -4.84. The zero-order valence-corrected chi connectivity index (χ0v) is 18.8. The molecule has 4 rings (SSSR count). The molecule has 0 radical (unpaired) electrons. The number of non-ortho nitro benzene ring substituents is 1. The van der Waals surface area contributed by atoms with E-state index in [1.807, 2.05) is 24.3 Å². The number of nitrogens with zero attached hydrogens (tertiary/aromatic N) is 2. The summed E-state index contributed by atoms with van der Waals surface area (Å²) in [5.41, 5.74) is 9.07. The van der Waals surface area contributed by atoms with Gasteiger partial charge in [-0.15, -0.1) is 0 Å². The number of fused-ring (bicyclic) bond motifs is 1. The van der Waals surface area contributed by atoms with Crippen LogP contribution in [0.2, 0.25) is 0 Å². The first kappa shape index (κ1) is 23.3. The molecule has 1 heterocycles. The number of nitro groups is 1. The van der Waals surface area contributed by atoms with E-state index in [9.17, 15) is 20.2 Å². The van der Waals surface area contributed by atoms with Gasteiger partial charge in [0.2, 0.25) is 5.88 Å². The largest absolute Gasteiger partial charge is 0.482 e. The van der Waals surface area contributed by atoms with Crippen molar-refractivity contribution >= 4 is 11.7 Å². The molecule has 3 aromatic rings. The van der Waals surface area contributed by atoms with Crippen molar-refractivity contribution in [2.45, 2.75) is 19.3 Å². The zero-order chi connectivity index (χ0) is 24.9. The van der Waals surface area contributed by atoms with Crippen LogP contribution in [0.5, 0.6) is 17.2 Å². The summed E-state index contributed by atoms with van der Waals surface area (Å²) in [6, 6.07) is 20.3. The predicted molar refractivity (Wildman–Crippen MR) is 126 cm³/mol. The molecule has 0 amide bonds. The van der Waals surface area contributed by atoms with Gasteiger partial charge in [0.25, 0.3) is 5.69 Å². The van der Waals surface area contributed by atoms with E-state index in [2.05, 4.69) is 13.0 Å². The van der Waals surface area contributed by atoms with E-state index in [-0.39, 0.29) is 17.3 Å². The minimum atomic E-state index is -0.674. The van der Waals surface area contributed by atoms with Gasteiger partial charge in [0.15, 0.2) is 6.61 Å². The summed E-state index contributed by atoms with van der Waals surface area (Å²) in [4.78, 5) is 22.5. The maximum absolute atomic E-state index is 12.3. The topological polar surface area (TPSA) is 138 Å². The average molecular weight is 471 g/mol. The third kappa shape index (κ3) is 5.07. The molecule has 0 fully saturated rings. The Kier molecular flexibility index (Phi) is 6.64. The molecule has 0 aliphatic carbocycles. The number of nitro benzene ring substituents is 1. The van der Waals surface area contributed by atoms with Gasteiger partial charge in [0, 0.05) is 23.8 Å². The summed E-state index contributed by atoms with van der Waals surface area (Å²) in [5, 5.41) is 20.4. The van der Waals surface area contributed by atoms with Gasteiger partial charge < -0.3 is 19.9 Å². The van der Waals surface area contributed by atoms with Gasteiger partial charge in [-0.3, -0.25) is 10.1 Å². The van der Waals surface area contributed by atoms with Gasteiger partial charge in [-0.2, -0.15) is 5.26 Å². The standard InChI is InChI=1S/C26H21N3O6/c1-2-16-3-5-17(6-4-16)25-21-12-11-20(13-23(21)35-26(28)22(25)14-27)34-24(30)15-33-19-9-7-18(8-10-19)29(31)32/h3-13,25H,2,15,28H2,1H3. The van der Waals surface area contributed by atoms with Gasteiger partial charge in [0.05, 0.1) is 10.8 Å². The van der Waals surface area contributed by atoms with E-state index in [1.54, 1.807) is 12.1 Å². The Balaban J connectivity index is 1.50. The number of ether oxygens (including phenoxy) is 3. The fraction of sp³-hybridized carbons (Fsp3) is 0.154. The van der Waals surface area contributed by atoms with Crippen molar-refractivity contribution < 1.29 is 23.9 Å². The van der Waals surface area contributed by atoms with Crippen molar-refractivity contribution in [2.24, 2.45) is 5.73 Å². The van der Waals surface area contributed by atoms with Crippen LogP contribution >= 0.6 is 0 Å². The molecule has 1 aliphatic heterocycles. The number of benzene rings is 3. The van der Waals surface area contributed by atoms with Crippen molar-refractivity contribution in [1.29, 1.82) is 5.26 Å². The van der Waals surface area contributed by atoms with Gasteiger partial charge in [-0.25, -0.2) is 4.79 Å². The van der Waals surface area contributed by atoms with Crippen LogP contribution in [-0.4, -0.2) is 17.5 Å². The van der Waals surface area contributed by atoms with E-state index >= 15 is 0 Å². The number of carbonyl (C=O) groups excluding carboxylic acids is 1. The lowest BCUT2D eigenvalue weighted by Crippen LogP contribution is -2.21. The zero-order valence-electron chi connectivity index (χ0n) is 18.8. The van der Waals surface area contributed by atoms with Crippen molar-refractivity contribution in [3.8, 4) is 23.3 Å². The van der Waals surface area contributed by atoms with Crippen molar-refractivity contribution in [3.05, 3.63) is 105 Å². The van der Waals surface area contributed by atoms with Crippen LogP contribution in [0.1, 0.15) is 29.5 Å². The molecule has 0 saturated carbocycles. The first-order valence-corrected chi connectivity index (χ1v) is 10.8. The summed E-state index contributed by atoms with van der Waals surface area (Å²) < 4.78 is 16.4. The number of aryl methyl sites for hydroxylation is 1. The number of hydrogen-bond donors (Lipinski definition) is 1. The fourth-order valence-electron chi connectivity index (χ4n) is 3.76. The highest BCUT2D eigenvalue weighted by Crippen LogP contribution is 2.43. The summed E-state index contributed by atoms with van der Waals surface area (Å²) >= 11 is 0. The summed E-state index contributed by atoms with van der Waals surface area (Å²) in [6.45, 7) is 1.67. The number of carbonyl (C=O) groups is 1. The maximum atomic E-state index is 12.3. The Morgan fingerprint density at radius 1 is 1.11 bits per heavy atom. The molecular formula is C26H21N3O6. The van der Waals surface area contributed by atoms with Gasteiger partial charge in [0.1, 0.15) is 28.9 Å². The fourth-order valence-corrected chi connectivity index (χ4v) is 3.76. The van der Waals surface area contributed by atoms with Crippen molar-refractivity contribution in [3.63, 3.8) is 0 Å². The molecule has 176 valence electrons. The highest BCUT2D eigenvalue weighted by atomic mass is 16.6. The molecule has 1 aliphatic rings. The van der Waals surface area contributed by atoms with Crippen LogP contribution in [0.25, 0.3) is 0 Å². The molecule has 1 unspecified atom stereocenters. The molecule has 35 heavy (non-hydrogen) atoms. The second-order valence-corrected chi connectivity index (χ2v) is 7.73. The quantitative estimate of drug-likeness (QED) is 0.232. The number of hydrogen-bond acceptors (Lipinski definition) is 8. The lowest BCUT2D eigenvalue weighted by molar-refractivity contribution is -0.384. The average Bonchev–Trinajstić information content (AvgIpc) is 2.87. The maximum Gasteiger partial charge on any atom is 0.349 e. The normalized spacial score (nSPS) is 14.3. The SMILES string of the molecule is CCc1ccc(C2C(C#N)=C(N)Oc3cc(OC(=O)COc4ccc([N+](=O)[O-])cc4)ccc32)cc1. The van der Waals surface area contributed by atoms with Crippen LogP contribution in [0.4, 0.5) is 5.69 Å². The summed E-state index contributed by atoms with van der Waals surface area (Å²) in [5.74, 6) is -0.200. The second kappa shape index (κ2) is 9.97. The van der Waals surface area contributed by atoms with E-state index < -0.39 is 23.4 Å². The molecule has 0 spiro atoms. The van der Waals surface area contributed by atoms with Crippen molar-refractivity contribution in [1.82, 2.24) is 0 Å². The molecule has 9 nitrogen and oxygen atoms in total. The van der Waals surface area contributed by atoms with E-state index in [4.69, 9.17) is 19.9 Å². The molecule has 0 aromatic heterocycles. The highest BCUT2D eigenvalue weighted by Gasteiger charge is 2.31. The molecule has 3 aromatic carbocycles. The van der Waals surface area contributed by atoms with Crippen LogP contribution in [-0.2, 0) is 11.2 Å². The van der Waals surface area contributed by atoms with Crippen LogP contribution in [0.3, 0.4) is 0 Å². The number of allylic oxidation sites excluding steroid dienone is 1. The Morgan fingerprint density at radius 2 is 1.80 bits per heavy atom. The monoisotopic (exact) mass is 471 g/mol. The van der Waals surface area contributed by atoms with Crippen LogP contribution in [0.15, 0.2) is 78.2 Å². The Labute approximate surface area is 201 Å². The van der Waals surface area contributed by atoms with Gasteiger partial charge in [-0.05, 0) is 35.7 Å². The first-order valence-electron chi connectivity index (χ1n) is 10.8. The molecule has 9 heteroatoms. The van der Waals surface area contributed by atoms with Crippen LogP contribution < -0.4 is 19.9 Å². The molecular weight excluding hydrogens is 450 g/mol. The van der Waals surface area contributed by atoms with E-state index in [1.165, 1.54) is 35.9 Å².